The van der Waals surface area contributed by atoms with E-state index in [2.05, 4.69) is 37.4 Å². The highest BCUT2D eigenvalue weighted by Gasteiger charge is 2.11. The molecule has 0 amide bonds. The van der Waals surface area contributed by atoms with Gasteiger partial charge in [0.2, 0.25) is 5.95 Å². The molecule has 0 aliphatic rings. The largest absolute Gasteiger partial charge is 0.355 e. The SMILES string of the molecule is O=c1[nH]c(NCCc2ccccc2)nc2nccc(-c3ccncc3)c12. The second-order valence-corrected chi connectivity index (χ2v) is 5.87. The van der Waals surface area contributed by atoms with Crippen molar-refractivity contribution in [1.82, 2.24) is 19.9 Å². The topological polar surface area (TPSA) is 83.6 Å². The number of pyridine rings is 2. The smallest absolute Gasteiger partial charge is 0.262 e. The van der Waals surface area contributed by atoms with E-state index in [4.69, 9.17) is 0 Å². The van der Waals surface area contributed by atoms with Crippen LogP contribution in [0.15, 0.2) is 71.9 Å². The first-order chi connectivity index (χ1) is 12.8. The first kappa shape index (κ1) is 16.0. The molecule has 4 aromatic rings. The van der Waals surface area contributed by atoms with Crippen LogP contribution in [0.1, 0.15) is 5.56 Å². The number of hydrogen-bond donors (Lipinski definition) is 2. The summed E-state index contributed by atoms with van der Waals surface area (Å²) in [7, 11) is 0. The molecular weight excluding hydrogens is 326 g/mol. The van der Waals surface area contributed by atoms with Gasteiger partial charge in [0, 0.05) is 25.1 Å². The molecule has 6 heteroatoms. The maximum Gasteiger partial charge on any atom is 0.262 e. The van der Waals surface area contributed by atoms with E-state index in [0.29, 0.717) is 23.5 Å². The van der Waals surface area contributed by atoms with Crippen molar-refractivity contribution in [3.05, 3.63) is 83.0 Å². The van der Waals surface area contributed by atoms with E-state index in [-0.39, 0.29) is 5.56 Å². The van der Waals surface area contributed by atoms with Crippen LogP contribution in [0.3, 0.4) is 0 Å². The van der Waals surface area contributed by atoms with Gasteiger partial charge in [-0.1, -0.05) is 30.3 Å². The van der Waals surface area contributed by atoms with E-state index in [1.54, 1.807) is 18.6 Å². The average Bonchev–Trinajstić information content (AvgIpc) is 2.69. The van der Waals surface area contributed by atoms with Crippen molar-refractivity contribution in [2.24, 2.45) is 0 Å². The van der Waals surface area contributed by atoms with Crippen molar-refractivity contribution in [3.8, 4) is 11.1 Å². The number of nitrogens with zero attached hydrogens (tertiary/aromatic N) is 3. The number of hydrogen-bond acceptors (Lipinski definition) is 5. The van der Waals surface area contributed by atoms with E-state index >= 15 is 0 Å². The maximum absolute atomic E-state index is 12.6. The van der Waals surface area contributed by atoms with Gasteiger partial charge < -0.3 is 5.32 Å². The molecule has 0 aliphatic heterocycles. The fourth-order valence-corrected chi connectivity index (χ4v) is 2.89. The molecular formula is C20H17N5O. The van der Waals surface area contributed by atoms with Crippen molar-refractivity contribution >= 4 is 17.0 Å². The zero-order valence-corrected chi connectivity index (χ0v) is 14.0. The zero-order valence-electron chi connectivity index (χ0n) is 14.0. The normalized spacial score (nSPS) is 10.8. The van der Waals surface area contributed by atoms with Gasteiger partial charge in [0.25, 0.3) is 5.56 Å². The minimum Gasteiger partial charge on any atom is -0.355 e. The predicted octanol–water partition coefficient (Wildman–Crippen LogP) is 3.03. The lowest BCUT2D eigenvalue weighted by Crippen LogP contribution is -2.16. The van der Waals surface area contributed by atoms with Gasteiger partial charge in [-0.2, -0.15) is 4.98 Å². The summed E-state index contributed by atoms with van der Waals surface area (Å²) in [5.41, 5.74) is 3.13. The Bertz CT molecular complexity index is 1080. The minimum atomic E-state index is -0.211. The van der Waals surface area contributed by atoms with Crippen LogP contribution in [0.25, 0.3) is 22.2 Å². The number of aromatic nitrogens is 4. The van der Waals surface area contributed by atoms with Crippen LogP contribution in [0.4, 0.5) is 5.95 Å². The number of anilines is 1. The molecule has 0 saturated heterocycles. The van der Waals surface area contributed by atoms with E-state index in [9.17, 15) is 4.79 Å². The van der Waals surface area contributed by atoms with Gasteiger partial charge in [0.1, 0.15) is 0 Å². The minimum absolute atomic E-state index is 0.211. The molecule has 4 rings (SSSR count). The van der Waals surface area contributed by atoms with Crippen LogP contribution in [0, 0.1) is 0 Å². The number of rotatable bonds is 5. The summed E-state index contributed by atoms with van der Waals surface area (Å²) in [5, 5.41) is 3.65. The molecule has 6 nitrogen and oxygen atoms in total. The van der Waals surface area contributed by atoms with E-state index < -0.39 is 0 Å². The van der Waals surface area contributed by atoms with Crippen LogP contribution in [0.2, 0.25) is 0 Å². The van der Waals surface area contributed by atoms with Crippen LogP contribution >= 0.6 is 0 Å². The van der Waals surface area contributed by atoms with Gasteiger partial charge in [0.15, 0.2) is 5.65 Å². The molecule has 1 aromatic carbocycles. The number of H-pyrrole nitrogens is 1. The maximum atomic E-state index is 12.6. The summed E-state index contributed by atoms with van der Waals surface area (Å²) < 4.78 is 0. The van der Waals surface area contributed by atoms with Crippen molar-refractivity contribution in [1.29, 1.82) is 0 Å². The molecule has 0 bridgehead atoms. The highest BCUT2D eigenvalue weighted by molar-refractivity contribution is 5.91. The third kappa shape index (κ3) is 3.30. The first-order valence-electron chi connectivity index (χ1n) is 8.38. The second kappa shape index (κ2) is 7.14. The summed E-state index contributed by atoms with van der Waals surface area (Å²) in [4.78, 5) is 28.2. The third-order valence-corrected chi connectivity index (χ3v) is 4.15. The molecule has 0 aliphatic carbocycles. The Morgan fingerprint density at radius 2 is 1.77 bits per heavy atom. The van der Waals surface area contributed by atoms with Gasteiger partial charge in [0.05, 0.1) is 5.39 Å². The number of benzene rings is 1. The molecule has 0 saturated carbocycles. The lowest BCUT2D eigenvalue weighted by molar-refractivity contribution is 0.982. The van der Waals surface area contributed by atoms with E-state index in [0.717, 1.165) is 17.5 Å². The highest BCUT2D eigenvalue weighted by atomic mass is 16.1. The molecule has 0 spiro atoms. The second-order valence-electron chi connectivity index (χ2n) is 5.87. The quantitative estimate of drug-likeness (QED) is 0.582. The number of nitrogens with one attached hydrogen (secondary N) is 2. The molecule has 0 atom stereocenters. The van der Waals surface area contributed by atoms with Crippen LogP contribution in [0.5, 0.6) is 0 Å². The monoisotopic (exact) mass is 343 g/mol. The summed E-state index contributed by atoms with van der Waals surface area (Å²) in [6.45, 7) is 0.669. The lowest BCUT2D eigenvalue weighted by Gasteiger charge is -2.08. The molecule has 0 radical (unpaired) electrons. The van der Waals surface area contributed by atoms with Crippen molar-refractivity contribution in [2.75, 3.05) is 11.9 Å². The molecule has 26 heavy (non-hydrogen) atoms. The fraction of sp³-hybridized carbons (Fsp3) is 0.100. The Labute approximate surface area is 150 Å². The lowest BCUT2D eigenvalue weighted by atomic mass is 10.1. The standard InChI is InChI=1S/C20H17N5O/c26-19-17-16(15-7-10-21-11-8-15)9-13-22-18(17)24-20(25-19)23-12-6-14-4-2-1-3-5-14/h1-5,7-11,13H,6,12H2,(H2,22,23,24,25,26). The summed E-state index contributed by atoms with van der Waals surface area (Å²) in [5.74, 6) is 0.429. The van der Waals surface area contributed by atoms with Gasteiger partial charge in [-0.25, -0.2) is 4.98 Å². The summed E-state index contributed by atoms with van der Waals surface area (Å²) in [6.07, 6.45) is 5.90. The molecule has 2 N–H and O–H groups in total. The number of aromatic amines is 1. The van der Waals surface area contributed by atoms with Crippen molar-refractivity contribution in [2.45, 2.75) is 6.42 Å². The van der Waals surface area contributed by atoms with Gasteiger partial charge in [-0.05, 0) is 41.3 Å². The molecule has 128 valence electrons. The molecule has 3 heterocycles. The number of fused-ring (bicyclic) bond motifs is 1. The van der Waals surface area contributed by atoms with Gasteiger partial charge in [-0.15, -0.1) is 0 Å². The van der Waals surface area contributed by atoms with Gasteiger partial charge in [-0.3, -0.25) is 14.8 Å². The van der Waals surface area contributed by atoms with E-state index in [1.165, 1.54) is 5.56 Å². The van der Waals surface area contributed by atoms with Crippen molar-refractivity contribution < 1.29 is 0 Å². The Morgan fingerprint density at radius 1 is 0.962 bits per heavy atom. The Morgan fingerprint density at radius 3 is 2.58 bits per heavy atom. The Balaban J connectivity index is 1.62. The van der Waals surface area contributed by atoms with Crippen LogP contribution in [-0.4, -0.2) is 26.5 Å². The Kier molecular flexibility index (Phi) is 4.38. The Hall–Kier alpha value is -3.54. The third-order valence-electron chi connectivity index (χ3n) is 4.15. The summed E-state index contributed by atoms with van der Waals surface area (Å²) >= 11 is 0. The van der Waals surface area contributed by atoms with Crippen molar-refractivity contribution in [3.63, 3.8) is 0 Å². The van der Waals surface area contributed by atoms with E-state index in [1.807, 2.05) is 36.4 Å². The van der Waals surface area contributed by atoms with Crippen LogP contribution in [-0.2, 0) is 6.42 Å². The summed E-state index contributed by atoms with van der Waals surface area (Å²) in [6, 6.07) is 15.7. The van der Waals surface area contributed by atoms with Crippen LogP contribution < -0.4 is 10.9 Å². The van der Waals surface area contributed by atoms with Gasteiger partial charge >= 0.3 is 0 Å². The first-order valence-corrected chi connectivity index (χ1v) is 8.38. The predicted molar refractivity (Wildman–Crippen MR) is 102 cm³/mol. The molecule has 3 aromatic heterocycles. The molecule has 0 unspecified atom stereocenters. The zero-order chi connectivity index (χ0) is 17.8. The average molecular weight is 343 g/mol. The fourth-order valence-electron chi connectivity index (χ4n) is 2.89. The molecule has 0 fully saturated rings. The highest BCUT2D eigenvalue weighted by Crippen LogP contribution is 2.23.